The first-order chi connectivity index (χ1) is 8.50. The summed E-state index contributed by atoms with van der Waals surface area (Å²) in [7, 11) is 1.98. The third-order valence-electron chi connectivity index (χ3n) is 3.60. The predicted octanol–water partition coefficient (Wildman–Crippen LogP) is 3.27. The molecule has 0 amide bonds. The van der Waals surface area contributed by atoms with E-state index >= 15 is 0 Å². The number of nitrogens with zero attached hydrogens (tertiary/aromatic N) is 2. The first-order valence-corrected chi connectivity index (χ1v) is 6.30. The van der Waals surface area contributed by atoms with Gasteiger partial charge in [0.15, 0.2) is 0 Å². The van der Waals surface area contributed by atoms with E-state index in [-0.39, 0.29) is 0 Å². The van der Waals surface area contributed by atoms with Gasteiger partial charge in [0.25, 0.3) is 0 Å². The Bertz CT molecular complexity index is 547. The van der Waals surface area contributed by atoms with Gasteiger partial charge in [0.1, 0.15) is 0 Å². The predicted molar refractivity (Wildman–Crippen MR) is 75.9 cm³/mol. The molecule has 0 saturated heterocycles. The van der Waals surface area contributed by atoms with E-state index in [4.69, 9.17) is 0 Å². The van der Waals surface area contributed by atoms with E-state index < -0.39 is 0 Å². The Hall–Kier alpha value is -1.77. The van der Waals surface area contributed by atoms with Crippen LogP contribution in [0.4, 0.5) is 5.69 Å². The number of aryl methyl sites for hydroxylation is 4. The van der Waals surface area contributed by atoms with Crippen molar-refractivity contribution in [2.24, 2.45) is 7.05 Å². The molecule has 0 radical (unpaired) electrons. The third kappa shape index (κ3) is 2.26. The summed E-state index contributed by atoms with van der Waals surface area (Å²) in [5.41, 5.74) is 7.43. The molecule has 2 rings (SSSR count). The fraction of sp³-hybridized carbons (Fsp3) is 0.400. The number of anilines is 1. The number of benzene rings is 1. The Morgan fingerprint density at radius 2 is 1.72 bits per heavy atom. The maximum atomic E-state index is 4.42. The third-order valence-corrected chi connectivity index (χ3v) is 3.60. The van der Waals surface area contributed by atoms with Crippen molar-refractivity contribution < 1.29 is 0 Å². The number of rotatable bonds is 3. The molecule has 2 aromatic rings. The zero-order valence-electron chi connectivity index (χ0n) is 11.8. The smallest absolute Gasteiger partial charge is 0.0827 e. The molecule has 18 heavy (non-hydrogen) atoms. The van der Waals surface area contributed by atoms with Crippen LogP contribution in [0.3, 0.4) is 0 Å². The maximum Gasteiger partial charge on any atom is 0.0827 e. The highest BCUT2D eigenvalue weighted by molar-refractivity contribution is 5.53. The summed E-state index contributed by atoms with van der Waals surface area (Å²) < 4.78 is 1.92. The van der Waals surface area contributed by atoms with Crippen LogP contribution in [0.5, 0.6) is 0 Å². The summed E-state index contributed by atoms with van der Waals surface area (Å²) in [6.07, 6.45) is 0. The van der Waals surface area contributed by atoms with Gasteiger partial charge in [-0.05, 0) is 44.4 Å². The van der Waals surface area contributed by atoms with Gasteiger partial charge < -0.3 is 5.32 Å². The van der Waals surface area contributed by atoms with Crippen molar-refractivity contribution in [2.75, 3.05) is 5.32 Å². The van der Waals surface area contributed by atoms with Crippen LogP contribution in [-0.4, -0.2) is 9.78 Å². The minimum atomic E-state index is 0.853. The standard InChI is InChI=1S/C15H21N3/c1-10-7-6-8-11(2)14(10)9-16-15-12(3)17-18(5)13(15)4/h6-8,16H,9H2,1-5H3. The van der Waals surface area contributed by atoms with Crippen molar-refractivity contribution in [1.29, 1.82) is 0 Å². The highest BCUT2D eigenvalue weighted by Crippen LogP contribution is 2.21. The van der Waals surface area contributed by atoms with Crippen molar-refractivity contribution >= 4 is 5.69 Å². The van der Waals surface area contributed by atoms with Gasteiger partial charge in [-0.2, -0.15) is 5.10 Å². The molecule has 0 saturated carbocycles. The van der Waals surface area contributed by atoms with Gasteiger partial charge in [-0.25, -0.2) is 0 Å². The molecule has 0 atom stereocenters. The molecule has 1 heterocycles. The van der Waals surface area contributed by atoms with E-state index in [1.165, 1.54) is 22.4 Å². The molecule has 1 aromatic heterocycles. The Labute approximate surface area is 109 Å². The molecular formula is C15H21N3. The van der Waals surface area contributed by atoms with Gasteiger partial charge in [0.2, 0.25) is 0 Å². The topological polar surface area (TPSA) is 29.9 Å². The lowest BCUT2D eigenvalue weighted by atomic mass is 10.0. The number of nitrogens with one attached hydrogen (secondary N) is 1. The average molecular weight is 243 g/mol. The largest absolute Gasteiger partial charge is 0.378 e. The van der Waals surface area contributed by atoms with Crippen LogP contribution >= 0.6 is 0 Å². The van der Waals surface area contributed by atoms with E-state index in [1.807, 2.05) is 18.7 Å². The van der Waals surface area contributed by atoms with Crippen LogP contribution in [0.15, 0.2) is 18.2 Å². The zero-order valence-corrected chi connectivity index (χ0v) is 11.8. The van der Waals surface area contributed by atoms with Crippen LogP contribution in [0.2, 0.25) is 0 Å². The summed E-state index contributed by atoms with van der Waals surface area (Å²) in [4.78, 5) is 0. The molecule has 1 aromatic carbocycles. The van der Waals surface area contributed by atoms with E-state index in [2.05, 4.69) is 49.4 Å². The lowest BCUT2D eigenvalue weighted by Crippen LogP contribution is -2.05. The van der Waals surface area contributed by atoms with Gasteiger partial charge in [0.05, 0.1) is 17.1 Å². The molecule has 0 aliphatic heterocycles. The van der Waals surface area contributed by atoms with Crippen LogP contribution < -0.4 is 5.32 Å². The molecule has 0 fully saturated rings. The molecule has 0 aliphatic carbocycles. The fourth-order valence-corrected chi connectivity index (χ4v) is 2.33. The first kappa shape index (κ1) is 12.7. The van der Waals surface area contributed by atoms with Crippen molar-refractivity contribution in [3.63, 3.8) is 0 Å². The molecule has 1 N–H and O–H groups in total. The summed E-state index contributed by atoms with van der Waals surface area (Å²) in [6.45, 7) is 9.30. The molecule has 0 bridgehead atoms. The molecule has 3 nitrogen and oxygen atoms in total. The summed E-state index contributed by atoms with van der Waals surface area (Å²) >= 11 is 0. The lowest BCUT2D eigenvalue weighted by Gasteiger charge is -2.12. The lowest BCUT2D eigenvalue weighted by molar-refractivity contribution is 0.731. The second kappa shape index (κ2) is 4.84. The van der Waals surface area contributed by atoms with Gasteiger partial charge in [-0.1, -0.05) is 18.2 Å². The Kier molecular flexibility index (Phi) is 3.41. The zero-order chi connectivity index (χ0) is 13.3. The molecule has 0 aliphatic rings. The van der Waals surface area contributed by atoms with Crippen molar-refractivity contribution in [3.05, 3.63) is 46.3 Å². The Balaban J connectivity index is 2.22. The van der Waals surface area contributed by atoms with Crippen LogP contribution in [-0.2, 0) is 13.6 Å². The normalized spacial score (nSPS) is 10.7. The van der Waals surface area contributed by atoms with Crippen molar-refractivity contribution in [1.82, 2.24) is 9.78 Å². The van der Waals surface area contributed by atoms with Gasteiger partial charge in [0, 0.05) is 13.6 Å². The van der Waals surface area contributed by atoms with E-state index in [0.717, 1.165) is 17.9 Å². The number of aromatic nitrogens is 2. The fourth-order valence-electron chi connectivity index (χ4n) is 2.33. The van der Waals surface area contributed by atoms with E-state index in [1.54, 1.807) is 0 Å². The summed E-state index contributed by atoms with van der Waals surface area (Å²) in [5, 5.41) is 7.94. The number of hydrogen-bond donors (Lipinski definition) is 1. The average Bonchev–Trinajstić information content (AvgIpc) is 2.54. The van der Waals surface area contributed by atoms with Crippen LogP contribution in [0.25, 0.3) is 0 Å². The van der Waals surface area contributed by atoms with E-state index in [9.17, 15) is 0 Å². The minimum Gasteiger partial charge on any atom is -0.378 e. The van der Waals surface area contributed by atoms with Crippen LogP contribution in [0, 0.1) is 27.7 Å². The molecule has 3 heteroatoms. The maximum absolute atomic E-state index is 4.42. The first-order valence-electron chi connectivity index (χ1n) is 6.30. The highest BCUT2D eigenvalue weighted by Gasteiger charge is 2.09. The number of hydrogen-bond acceptors (Lipinski definition) is 2. The SMILES string of the molecule is Cc1cccc(C)c1CNc1c(C)nn(C)c1C. The van der Waals surface area contributed by atoms with Gasteiger partial charge in [-0.15, -0.1) is 0 Å². The second-order valence-electron chi connectivity index (χ2n) is 4.89. The Morgan fingerprint density at radius 1 is 1.11 bits per heavy atom. The Morgan fingerprint density at radius 3 is 2.22 bits per heavy atom. The molecule has 96 valence electrons. The van der Waals surface area contributed by atoms with Gasteiger partial charge >= 0.3 is 0 Å². The quantitative estimate of drug-likeness (QED) is 0.896. The van der Waals surface area contributed by atoms with Crippen molar-refractivity contribution in [3.8, 4) is 0 Å². The summed E-state index contributed by atoms with van der Waals surface area (Å²) in [6, 6.07) is 6.43. The molecule has 0 unspecified atom stereocenters. The second-order valence-corrected chi connectivity index (χ2v) is 4.89. The van der Waals surface area contributed by atoms with E-state index in [0.29, 0.717) is 0 Å². The van der Waals surface area contributed by atoms with Gasteiger partial charge in [-0.3, -0.25) is 4.68 Å². The molecular weight excluding hydrogens is 222 g/mol. The monoisotopic (exact) mass is 243 g/mol. The van der Waals surface area contributed by atoms with Crippen LogP contribution in [0.1, 0.15) is 28.1 Å². The minimum absolute atomic E-state index is 0.853. The molecule has 0 spiro atoms. The summed E-state index contributed by atoms with van der Waals surface area (Å²) in [5.74, 6) is 0. The van der Waals surface area contributed by atoms with Crippen molar-refractivity contribution in [2.45, 2.75) is 34.2 Å². The highest BCUT2D eigenvalue weighted by atomic mass is 15.3.